The molecule has 0 amide bonds. The number of hydrogen-bond donors (Lipinski definition) is 1. The van der Waals surface area contributed by atoms with Gasteiger partial charge in [-0.3, -0.25) is 10.1 Å². The van der Waals surface area contributed by atoms with Gasteiger partial charge < -0.3 is 0 Å². The van der Waals surface area contributed by atoms with Crippen LogP contribution in [0.4, 0.5) is 11.9 Å². The molecule has 1 aliphatic rings. The normalized spacial score (nSPS) is 15.6. The Morgan fingerprint density at radius 2 is 1.84 bits per heavy atom. The van der Waals surface area contributed by atoms with Crippen LogP contribution in [0.2, 0.25) is 5.02 Å². The highest BCUT2D eigenvalue weighted by Crippen LogP contribution is 2.32. The molecule has 2 aromatic heterocycles. The Morgan fingerprint density at radius 3 is 2.62 bits per heavy atom. The highest BCUT2D eigenvalue weighted by molar-refractivity contribution is 6.30. The van der Waals surface area contributed by atoms with Crippen molar-refractivity contribution in [1.82, 2.24) is 19.9 Å². The van der Waals surface area contributed by atoms with E-state index in [0.717, 1.165) is 34.3 Å². The largest absolute Gasteiger partial charge is 0.294 e. The summed E-state index contributed by atoms with van der Waals surface area (Å²) in [4.78, 5) is 30.9. The van der Waals surface area contributed by atoms with Crippen molar-refractivity contribution >= 4 is 40.2 Å². The van der Waals surface area contributed by atoms with Crippen LogP contribution in [0.25, 0.3) is 10.9 Å². The molecule has 0 saturated carbocycles. The molecule has 2 aromatic carbocycles. The Labute approximate surface area is 191 Å². The summed E-state index contributed by atoms with van der Waals surface area (Å²) in [5.74, 6) is 0.956. The van der Waals surface area contributed by atoms with E-state index >= 15 is 0 Å². The number of nitrogens with zero attached hydrogens (tertiary/aromatic N) is 4. The van der Waals surface area contributed by atoms with Crippen molar-refractivity contribution in [2.24, 2.45) is 0 Å². The number of hydrogen-bond acceptors (Lipinski definition) is 6. The van der Waals surface area contributed by atoms with Crippen molar-refractivity contribution < 1.29 is 4.79 Å². The minimum atomic E-state index is 0.0577. The molecule has 32 heavy (non-hydrogen) atoms. The molecule has 0 fully saturated rings. The second-order valence-corrected chi connectivity index (χ2v) is 8.53. The SMILES string of the molecule is CCc1ccc2nc(Nc3ncc4c(n3)C[C@@H](c3ccc(Cl)cc3)CC4=O)nc(C)c2c1. The smallest absolute Gasteiger partial charge is 0.230 e. The molecule has 0 radical (unpaired) electrons. The van der Waals surface area contributed by atoms with Gasteiger partial charge in [-0.1, -0.05) is 36.7 Å². The van der Waals surface area contributed by atoms with Gasteiger partial charge in [0.2, 0.25) is 11.9 Å². The molecule has 7 heteroatoms. The van der Waals surface area contributed by atoms with Crippen molar-refractivity contribution in [3.63, 3.8) is 0 Å². The van der Waals surface area contributed by atoms with E-state index in [-0.39, 0.29) is 11.7 Å². The van der Waals surface area contributed by atoms with Crippen LogP contribution in [-0.2, 0) is 12.8 Å². The fourth-order valence-corrected chi connectivity index (χ4v) is 4.31. The molecule has 0 saturated heterocycles. The predicted octanol–water partition coefficient (Wildman–Crippen LogP) is 5.60. The van der Waals surface area contributed by atoms with Gasteiger partial charge in [0, 0.05) is 23.0 Å². The van der Waals surface area contributed by atoms with Crippen molar-refractivity contribution in [1.29, 1.82) is 0 Å². The molecular formula is C25H22ClN5O. The van der Waals surface area contributed by atoms with Gasteiger partial charge >= 0.3 is 0 Å². The highest BCUT2D eigenvalue weighted by atomic mass is 35.5. The lowest BCUT2D eigenvalue weighted by Gasteiger charge is -2.23. The fraction of sp³-hybridized carbons (Fsp3) is 0.240. The third-order valence-corrected chi connectivity index (χ3v) is 6.22. The first-order valence-corrected chi connectivity index (χ1v) is 11.1. The van der Waals surface area contributed by atoms with E-state index < -0.39 is 0 Å². The van der Waals surface area contributed by atoms with Gasteiger partial charge in [-0.15, -0.1) is 0 Å². The number of Topliss-reactive ketones (excluding diaryl/α,β-unsaturated/α-hetero) is 1. The van der Waals surface area contributed by atoms with Gasteiger partial charge in [0.25, 0.3) is 0 Å². The van der Waals surface area contributed by atoms with Gasteiger partial charge in [-0.05, 0) is 61.1 Å². The molecule has 1 atom stereocenters. The van der Waals surface area contributed by atoms with Crippen molar-refractivity contribution in [3.8, 4) is 0 Å². The van der Waals surface area contributed by atoms with E-state index in [2.05, 4.69) is 44.3 Å². The Hall–Kier alpha value is -3.38. The maximum absolute atomic E-state index is 12.7. The molecular weight excluding hydrogens is 422 g/mol. The van der Waals surface area contributed by atoms with Crippen LogP contribution in [0.5, 0.6) is 0 Å². The average molecular weight is 444 g/mol. The lowest BCUT2D eigenvalue weighted by molar-refractivity contribution is 0.0962. The summed E-state index contributed by atoms with van der Waals surface area (Å²) >= 11 is 6.01. The molecule has 1 N–H and O–H groups in total. The Morgan fingerprint density at radius 1 is 1.03 bits per heavy atom. The Kier molecular flexibility index (Phi) is 5.31. The third kappa shape index (κ3) is 3.94. The minimum Gasteiger partial charge on any atom is -0.294 e. The van der Waals surface area contributed by atoms with Crippen LogP contribution in [0, 0.1) is 6.92 Å². The molecule has 5 rings (SSSR count). The summed E-state index contributed by atoms with van der Waals surface area (Å²) in [6.45, 7) is 4.10. The molecule has 0 unspecified atom stereocenters. The van der Waals surface area contributed by atoms with Crippen LogP contribution in [0.1, 0.15) is 52.1 Å². The average Bonchev–Trinajstić information content (AvgIpc) is 2.79. The summed E-state index contributed by atoms with van der Waals surface area (Å²) in [6.07, 6.45) is 3.68. The van der Waals surface area contributed by atoms with Gasteiger partial charge in [0.1, 0.15) is 0 Å². The van der Waals surface area contributed by atoms with Crippen LogP contribution in [0.3, 0.4) is 0 Å². The summed E-state index contributed by atoms with van der Waals surface area (Å²) in [5, 5.41) is 4.84. The van der Waals surface area contributed by atoms with Crippen LogP contribution in [0.15, 0.2) is 48.7 Å². The van der Waals surface area contributed by atoms with Crippen molar-refractivity contribution in [2.45, 2.75) is 39.0 Å². The molecule has 2 heterocycles. The Bertz CT molecular complexity index is 1340. The number of fused-ring (bicyclic) bond motifs is 2. The topological polar surface area (TPSA) is 80.7 Å². The number of rotatable bonds is 4. The molecule has 160 valence electrons. The van der Waals surface area contributed by atoms with Gasteiger partial charge in [-0.2, -0.15) is 0 Å². The number of benzene rings is 2. The molecule has 6 nitrogen and oxygen atoms in total. The standard InChI is InChI=1S/C25H22ClN5O/c1-3-15-4-9-21-19(10-15)14(2)28-25(29-21)31-24-27-13-20-22(30-24)11-17(12-23(20)32)16-5-7-18(26)8-6-16/h4-10,13,17H,3,11-12H2,1-2H3,(H,27,28,29,30,31)/t17-/m1/s1. The van der Waals surface area contributed by atoms with Gasteiger partial charge in [0.15, 0.2) is 5.78 Å². The highest BCUT2D eigenvalue weighted by Gasteiger charge is 2.28. The lowest BCUT2D eigenvalue weighted by Crippen LogP contribution is -2.21. The zero-order valence-electron chi connectivity index (χ0n) is 17.9. The second-order valence-electron chi connectivity index (χ2n) is 8.10. The molecule has 1 aliphatic carbocycles. The summed E-state index contributed by atoms with van der Waals surface area (Å²) in [6, 6.07) is 13.9. The minimum absolute atomic E-state index is 0.0577. The van der Waals surface area contributed by atoms with E-state index in [1.54, 1.807) is 6.20 Å². The predicted molar refractivity (Wildman–Crippen MR) is 126 cm³/mol. The van der Waals surface area contributed by atoms with Crippen molar-refractivity contribution in [3.05, 3.63) is 81.8 Å². The number of carbonyl (C=O) groups excluding carboxylic acids is 1. The number of anilines is 2. The van der Waals surface area contributed by atoms with Gasteiger partial charge in [0.05, 0.1) is 22.5 Å². The molecule has 0 spiro atoms. The zero-order valence-corrected chi connectivity index (χ0v) is 18.6. The molecule has 4 aromatic rings. The maximum atomic E-state index is 12.7. The zero-order chi connectivity index (χ0) is 22.2. The van der Waals surface area contributed by atoms with Crippen LogP contribution < -0.4 is 5.32 Å². The third-order valence-electron chi connectivity index (χ3n) is 5.96. The van der Waals surface area contributed by atoms with E-state index in [9.17, 15) is 4.79 Å². The first-order valence-electron chi connectivity index (χ1n) is 10.7. The van der Waals surface area contributed by atoms with Crippen LogP contribution >= 0.6 is 11.6 Å². The summed E-state index contributed by atoms with van der Waals surface area (Å²) in [5.41, 5.74) is 5.42. The first kappa shape index (κ1) is 20.5. The number of carbonyl (C=O) groups is 1. The fourth-order valence-electron chi connectivity index (χ4n) is 4.18. The number of aryl methyl sites for hydroxylation is 2. The number of ketones is 1. The molecule has 0 aliphatic heterocycles. The first-order chi connectivity index (χ1) is 15.5. The Balaban J connectivity index is 1.43. The van der Waals surface area contributed by atoms with Crippen molar-refractivity contribution in [2.75, 3.05) is 5.32 Å². The second kappa shape index (κ2) is 8.28. The molecule has 0 bridgehead atoms. The lowest BCUT2D eigenvalue weighted by atomic mass is 9.82. The van der Waals surface area contributed by atoms with E-state index in [1.165, 1.54) is 5.56 Å². The number of aromatic nitrogens is 4. The number of nitrogens with one attached hydrogen (secondary N) is 1. The van der Waals surface area contributed by atoms with E-state index in [1.807, 2.05) is 37.3 Å². The summed E-state index contributed by atoms with van der Waals surface area (Å²) in [7, 11) is 0. The van der Waals surface area contributed by atoms with E-state index in [0.29, 0.717) is 35.3 Å². The van der Waals surface area contributed by atoms with Gasteiger partial charge in [-0.25, -0.2) is 19.9 Å². The van der Waals surface area contributed by atoms with E-state index in [4.69, 9.17) is 11.6 Å². The monoisotopic (exact) mass is 443 g/mol. The number of halogens is 1. The quantitative estimate of drug-likeness (QED) is 0.442. The maximum Gasteiger partial charge on any atom is 0.230 e. The van der Waals surface area contributed by atoms with Crippen LogP contribution in [-0.4, -0.2) is 25.7 Å². The summed E-state index contributed by atoms with van der Waals surface area (Å²) < 4.78 is 0.